The molecule has 2 atom stereocenters. The third-order valence-electron chi connectivity index (χ3n) is 3.37. The van der Waals surface area contributed by atoms with E-state index in [9.17, 15) is 8.42 Å². The highest BCUT2D eigenvalue weighted by molar-refractivity contribution is 8.00. The second kappa shape index (κ2) is 5.75. The van der Waals surface area contributed by atoms with Gasteiger partial charge in [0.2, 0.25) is 10.0 Å². The minimum Gasteiger partial charge on any atom is -0.398 e. The molecule has 0 amide bonds. The van der Waals surface area contributed by atoms with Gasteiger partial charge in [-0.1, -0.05) is 25.4 Å². The van der Waals surface area contributed by atoms with E-state index < -0.39 is 10.0 Å². The smallest absolute Gasteiger partial charge is 0.243 e. The zero-order valence-corrected chi connectivity index (χ0v) is 14.1. The molecule has 1 aromatic rings. The fourth-order valence-electron chi connectivity index (χ4n) is 2.41. The molecular formula is C13H19ClN2O2S2. The second-order valence-electron chi connectivity index (χ2n) is 5.20. The van der Waals surface area contributed by atoms with Crippen LogP contribution in [0.25, 0.3) is 0 Å². The van der Waals surface area contributed by atoms with Crippen molar-refractivity contribution in [3.8, 4) is 0 Å². The number of hydrogen-bond donors (Lipinski definition) is 1. The van der Waals surface area contributed by atoms with Crippen molar-refractivity contribution in [1.82, 2.24) is 4.31 Å². The van der Waals surface area contributed by atoms with Crippen molar-refractivity contribution in [3.63, 3.8) is 0 Å². The van der Waals surface area contributed by atoms with E-state index in [2.05, 4.69) is 0 Å². The van der Waals surface area contributed by atoms with E-state index in [1.807, 2.05) is 25.6 Å². The number of benzene rings is 1. The van der Waals surface area contributed by atoms with Crippen molar-refractivity contribution in [1.29, 1.82) is 0 Å². The van der Waals surface area contributed by atoms with Crippen molar-refractivity contribution < 1.29 is 8.42 Å². The number of sulfonamides is 1. The Morgan fingerprint density at radius 1 is 1.30 bits per heavy atom. The Morgan fingerprint density at radius 3 is 2.40 bits per heavy atom. The van der Waals surface area contributed by atoms with Crippen LogP contribution in [-0.4, -0.2) is 36.3 Å². The highest BCUT2D eigenvalue weighted by atomic mass is 35.5. The molecule has 1 fully saturated rings. The van der Waals surface area contributed by atoms with E-state index in [4.69, 9.17) is 17.3 Å². The molecule has 1 saturated heterocycles. The lowest BCUT2D eigenvalue weighted by molar-refractivity contribution is 0.404. The van der Waals surface area contributed by atoms with Gasteiger partial charge in [0.05, 0.1) is 4.90 Å². The minimum absolute atomic E-state index is 0.216. The van der Waals surface area contributed by atoms with Gasteiger partial charge in [0, 0.05) is 34.3 Å². The maximum atomic E-state index is 12.8. The zero-order chi connectivity index (χ0) is 15.1. The Bertz CT molecular complexity index is 609. The lowest BCUT2D eigenvalue weighted by Gasteiger charge is -2.34. The monoisotopic (exact) mass is 334 g/mol. The van der Waals surface area contributed by atoms with E-state index in [1.165, 1.54) is 10.4 Å². The van der Waals surface area contributed by atoms with E-state index in [1.54, 1.807) is 13.0 Å². The topological polar surface area (TPSA) is 63.4 Å². The molecule has 0 saturated carbocycles. The molecule has 20 heavy (non-hydrogen) atoms. The normalized spacial score (nSPS) is 24.8. The molecular weight excluding hydrogens is 316 g/mol. The number of hydrogen-bond acceptors (Lipinski definition) is 4. The van der Waals surface area contributed by atoms with Gasteiger partial charge >= 0.3 is 0 Å². The molecule has 2 rings (SSSR count). The van der Waals surface area contributed by atoms with Gasteiger partial charge in [-0.3, -0.25) is 0 Å². The van der Waals surface area contributed by atoms with Crippen LogP contribution >= 0.6 is 23.4 Å². The van der Waals surface area contributed by atoms with Crippen molar-refractivity contribution in [2.75, 3.05) is 18.8 Å². The van der Waals surface area contributed by atoms with E-state index in [-0.39, 0.29) is 15.4 Å². The molecule has 4 nitrogen and oxygen atoms in total. The summed E-state index contributed by atoms with van der Waals surface area (Å²) in [6.45, 7) is 6.83. The number of rotatable bonds is 2. The number of anilines is 1. The molecule has 1 aliphatic heterocycles. The maximum absolute atomic E-state index is 12.8. The molecule has 112 valence electrons. The fraction of sp³-hybridized carbons (Fsp3) is 0.538. The van der Waals surface area contributed by atoms with E-state index >= 15 is 0 Å². The molecule has 0 spiro atoms. The van der Waals surface area contributed by atoms with Crippen LogP contribution in [0.15, 0.2) is 17.0 Å². The summed E-state index contributed by atoms with van der Waals surface area (Å²) in [7, 11) is -3.55. The Kier molecular flexibility index (Phi) is 4.59. The summed E-state index contributed by atoms with van der Waals surface area (Å²) >= 11 is 7.77. The number of thioether (sulfide) groups is 1. The summed E-state index contributed by atoms with van der Waals surface area (Å²) in [4.78, 5) is 0.216. The second-order valence-corrected chi connectivity index (χ2v) is 9.42. The molecule has 1 aliphatic rings. The standard InChI is InChI=1S/C13H19ClN2O2S2/c1-8-6-16(7-9(2)19-8)20(17,18)13-5-11(14)4-12(15)10(13)3/h4-5,8-9H,6-7,15H2,1-3H3. The molecule has 0 bridgehead atoms. The zero-order valence-electron chi connectivity index (χ0n) is 11.8. The Labute approximate surface area is 129 Å². The van der Waals surface area contributed by atoms with Crippen LogP contribution in [0.2, 0.25) is 5.02 Å². The van der Waals surface area contributed by atoms with Gasteiger partial charge in [-0.2, -0.15) is 16.1 Å². The molecule has 0 aromatic heterocycles. The summed E-state index contributed by atoms with van der Waals surface area (Å²) in [6, 6.07) is 3.06. The van der Waals surface area contributed by atoms with Crippen LogP contribution in [0.3, 0.4) is 0 Å². The molecule has 7 heteroatoms. The quantitative estimate of drug-likeness (QED) is 0.845. The van der Waals surface area contributed by atoms with Gasteiger partial charge in [0.25, 0.3) is 0 Å². The summed E-state index contributed by atoms with van der Waals surface area (Å²) in [5, 5.41) is 0.912. The van der Waals surface area contributed by atoms with Gasteiger partial charge in [-0.15, -0.1) is 0 Å². The number of nitrogens with two attached hydrogens (primary N) is 1. The van der Waals surface area contributed by atoms with Crippen molar-refractivity contribution >= 4 is 39.1 Å². The van der Waals surface area contributed by atoms with Crippen molar-refractivity contribution in [2.45, 2.75) is 36.2 Å². The summed E-state index contributed by atoms with van der Waals surface area (Å²) < 4.78 is 27.2. The number of halogens is 1. The van der Waals surface area contributed by atoms with Crippen LogP contribution in [0.1, 0.15) is 19.4 Å². The van der Waals surface area contributed by atoms with Crippen LogP contribution in [0.4, 0.5) is 5.69 Å². The van der Waals surface area contributed by atoms with Gasteiger partial charge in [-0.05, 0) is 24.6 Å². The summed E-state index contributed by atoms with van der Waals surface area (Å²) in [5.74, 6) is 0. The summed E-state index contributed by atoms with van der Waals surface area (Å²) in [6.07, 6.45) is 0. The predicted molar refractivity (Wildman–Crippen MR) is 85.9 cm³/mol. The van der Waals surface area contributed by atoms with Crippen LogP contribution in [-0.2, 0) is 10.0 Å². The fourth-order valence-corrected chi connectivity index (χ4v) is 6.11. The molecule has 2 N–H and O–H groups in total. The summed E-state index contributed by atoms with van der Waals surface area (Å²) in [5.41, 5.74) is 6.80. The lowest BCUT2D eigenvalue weighted by Crippen LogP contribution is -2.44. The first-order valence-corrected chi connectivity index (χ1v) is 9.19. The number of nitrogens with zero attached hydrogens (tertiary/aromatic N) is 1. The highest BCUT2D eigenvalue weighted by Gasteiger charge is 2.33. The van der Waals surface area contributed by atoms with Gasteiger partial charge in [0.15, 0.2) is 0 Å². The highest BCUT2D eigenvalue weighted by Crippen LogP contribution is 2.32. The van der Waals surface area contributed by atoms with Gasteiger partial charge in [0.1, 0.15) is 0 Å². The minimum atomic E-state index is -3.55. The molecule has 1 heterocycles. The predicted octanol–water partition coefficient (Wildman–Crippen LogP) is 2.75. The number of nitrogen functional groups attached to an aromatic ring is 1. The van der Waals surface area contributed by atoms with E-state index in [0.717, 1.165) is 0 Å². The molecule has 0 aliphatic carbocycles. The average molecular weight is 335 g/mol. The van der Waals surface area contributed by atoms with Gasteiger partial charge < -0.3 is 5.73 Å². The molecule has 2 unspecified atom stereocenters. The Morgan fingerprint density at radius 2 is 1.85 bits per heavy atom. The van der Waals surface area contributed by atoms with Gasteiger partial charge in [-0.25, -0.2) is 8.42 Å². The van der Waals surface area contributed by atoms with Crippen LogP contribution in [0.5, 0.6) is 0 Å². The largest absolute Gasteiger partial charge is 0.398 e. The van der Waals surface area contributed by atoms with Crippen molar-refractivity contribution in [2.24, 2.45) is 0 Å². The van der Waals surface area contributed by atoms with E-state index in [0.29, 0.717) is 29.4 Å². The average Bonchev–Trinajstić information content (AvgIpc) is 2.32. The first-order valence-electron chi connectivity index (χ1n) is 6.43. The third-order valence-corrected chi connectivity index (χ3v) is 6.77. The van der Waals surface area contributed by atoms with Crippen LogP contribution < -0.4 is 5.73 Å². The first kappa shape index (κ1) is 15.9. The maximum Gasteiger partial charge on any atom is 0.243 e. The Balaban J connectivity index is 2.45. The van der Waals surface area contributed by atoms with Crippen molar-refractivity contribution in [3.05, 3.63) is 22.7 Å². The molecule has 0 radical (unpaired) electrons. The molecule has 1 aromatic carbocycles. The lowest BCUT2D eigenvalue weighted by atomic mass is 10.2. The SMILES string of the molecule is Cc1c(N)cc(Cl)cc1S(=O)(=O)N1CC(C)SC(C)C1. The van der Waals surface area contributed by atoms with Crippen LogP contribution in [0, 0.1) is 6.92 Å². The first-order chi connectivity index (χ1) is 9.21. The third kappa shape index (κ3) is 3.08. The Hall–Kier alpha value is -0.430.